The summed E-state index contributed by atoms with van der Waals surface area (Å²) in [6.45, 7) is 0.335. The Kier molecular flexibility index (Phi) is 3.95. The van der Waals surface area contributed by atoms with Crippen molar-refractivity contribution < 1.29 is 9.72 Å². The smallest absolute Gasteiger partial charge is 0.292 e. The van der Waals surface area contributed by atoms with Crippen molar-refractivity contribution in [2.24, 2.45) is 0 Å². The lowest BCUT2D eigenvalue weighted by Crippen LogP contribution is -2.24. The van der Waals surface area contributed by atoms with Gasteiger partial charge in [0.1, 0.15) is 5.69 Å². The second-order valence-corrected chi connectivity index (χ2v) is 4.16. The van der Waals surface area contributed by atoms with Gasteiger partial charge in [-0.25, -0.2) is 0 Å². The Morgan fingerprint density at radius 2 is 1.85 bits per heavy atom. The summed E-state index contributed by atoms with van der Waals surface area (Å²) in [6, 6.07) is 13.5. The lowest BCUT2D eigenvalue weighted by atomic mass is 10.1. The maximum atomic E-state index is 12.0. The number of carbonyl (C=O) groups excluding carboxylic acids is 1. The standard InChI is InChI=1S/C14H13N3O3/c15-13-11(7-4-8-12(13)17(19)20)14(18)16-9-10-5-2-1-3-6-10/h1-8H,9,15H2,(H,16,18). The Balaban J connectivity index is 2.14. The van der Waals surface area contributed by atoms with E-state index in [1.165, 1.54) is 18.2 Å². The lowest BCUT2D eigenvalue weighted by Gasteiger charge is -2.07. The minimum atomic E-state index is -0.608. The summed E-state index contributed by atoms with van der Waals surface area (Å²) in [4.78, 5) is 22.2. The van der Waals surface area contributed by atoms with Crippen LogP contribution in [0.3, 0.4) is 0 Å². The summed E-state index contributed by atoms with van der Waals surface area (Å²) < 4.78 is 0. The van der Waals surface area contributed by atoms with Crippen molar-refractivity contribution in [2.75, 3.05) is 5.73 Å². The van der Waals surface area contributed by atoms with E-state index in [0.29, 0.717) is 6.54 Å². The van der Waals surface area contributed by atoms with Crippen LogP contribution in [0.1, 0.15) is 15.9 Å². The van der Waals surface area contributed by atoms with Crippen LogP contribution >= 0.6 is 0 Å². The van der Waals surface area contributed by atoms with Crippen molar-refractivity contribution in [1.29, 1.82) is 0 Å². The molecule has 6 nitrogen and oxygen atoms in total. The van der Waals surface area contributed by atoms with E-state index in [0.717, 1.165) is 5.56 Å². The van der Waals surface area contributed by atoms with Gasteiger partial charge in [-0.05, 0) is 11.6 Å². The summed E-state index contributed by atoms with van der Waals surface area (Å²) in [5, 5.41) is 13.5. The van der Waals surface area contributed by atoms with Crippen LogP contribution in [0.25, 0.3) is 0 Å². The summed E-state index contributed by atoms with van der Waals surface area (Å²) in [5.74, 6) is -0.435. The van der Waals surface area contributed by atoms with Gasteiger partial charge in [-0.1, -0.05) is 36.4 Å². The fraction of sp³-hybridized carbons (Fsp3) is 0.0714. The molecule has 102 valence electrons. The third-order valence-electron chi connectivity index (χ3n) is 2.82. The molecule has 0 atom stereocenters. The number of carbonyl (C=O) groups is 1. The molecule has 0 aliphatic rings. The van der Waals surface area contributed by atoms with Gasteiger partial charge in [0, 0.05) is 12.6 Å². The van der Waals surface area contributed by atoms with Gasteiger partial charge in [-0.2, -0.15) is 0 Å². The molecule has 2 aromatic carbocycles. The first-order chi connectivity index (χ1) is 9.59. The first-order valence-corrected chi connectivity index (χ1v) is 5.94. The number of nitro benzene ring substituents is 1. The molecule has 0 saturated heterocycles. The van der Waals surface area contributed by atoms with Gasteiger partial charge in [0.25, 0.3) is 11.6 Å². The van der Waals surface area contributed by atoms with Gasteiger partial charge >= 0.3 is 0 Å². The van der Waals surface area contributed by atoms with Crippen LogP contribution in [0.4, 0.5) is 11.4 Å². The first-order valence-electron chi connectivity index (χ1n) is 5.94. The average Bonchev–Trinajstić information content (AvgIpc) is 2.46. The number of nitrogen functional groups attached to an aromatic ring is 1. The number of hydrogen-bond donors (Lipinski definition) is 2. The Morgan fingerprint density at radius 1 is 1.15 bits per heavy atom. The van der Waals surface area contributed by atoms with E-state index in [4.69, 9.17) is 5.73 Å². The maximum Gasteiger partial charge on any atom is 0.292 e. The quantitative estimate of drug-likeness (QED) is 0.505. The third-order valence-corrected chi connectivity index (χ3v) is 2.82. The highest BCUT2D eigenvalue weighted by Crippen LogP contribution is 2.24. The fourth-order valence-electron chi connectivity index (χ4n) is 1.78. The summed E-state index contributed by atoms with van der Waals surface area (Å²) in [5.41, 5.74) is 6.30. The molecule has 1 amide bonds. The number of hydrogen-bond acceptors (Lipinski definition) is 4. The maximum absolute atomic E-state index is 12.0. The number of nitrogens with one attached hydrogen (secondary N) is 1. The molecule has 2 aromatic rings. The normalized spacial score (nSPS) is 10.0. The predicted molar refractivity (Wildman–Crippen MR) is 75.1 cm³/mol. The van der Waals surface area contributed by atoms with Crippen LogP contribution in [0.2, 0.25) is 0 Å². The van der Waals surface area contributed by atoms with E-state index in [-0.39, 0.29) is 16.9 Å². The molecular formula is C14H13N3O3. The average molecular weight is 271 g/mol. The second kappa shape index (κ2) is 5.83. The number of nitro groups is 1. The molecule has 6 heteroatoms. The van der Waals surface area contributed by atoms with Crippen LogP contribution in [-0.2, 0) is 6.54 Å². The first kappa shape index (κ1) is 13.5. The zero-order valence-corrected chi connectivity index (χ0v) is 10.6. The molecule has 3 N–H and O–H groups in total. The molecule has 0 aromatic heterocycles. The molecule has 0 spiro atoms. The SMILES string of the molecule is Nc1c(C(=O)NCc2ccccc2)cccc1[N+](=O)[O-]. The number of anilines is 1. The zero-order chi connectivity index (χ0) is 14.5. The van der Waals surface area contributed by atoms with Gasteiger partial charge in [-0.3, -0.25) is 14.9 Å². The number of benzene rings is 2. The van der Waals surface area contributed by atoms with Crippen molar-refractivity contribution in [1.82, 2.24) is 5.32 Å². The van der Waals surface area contributed by atoms with Gasteiger partial charge in [-0.15, -0.1) is 0 Å². The monoisotopic (exact) mass is 271 g/mol. The molecule has 2 rings (SSSR count). The molecule has 0 unspecified atom stereocenters. The van der Waals surface area contributed by atoms with E-state index < -0.39 is 10.8 Å². The van der Waals surface area contributed by atoms with Gasteiger partial charge in [0.15, 0.2) is 0 Å². The lowest BCUT2D eigenvalue weighted by molar-refractivity contribution is -0.383. The highest BCUT2D eigenvalue weighted by Gasteiger charge is 2.18. The second-order valence-electron chi connectivity index (χ2n) is 4.16. The fourth-order valence-corrected chi connectivity index (χ4v) is 1.78. The van der Waals surface area contributed by atoms with Crippen LogP contribution < -0.4 is 11.1 Å². The number of amides is 1. The van der Waals surface area contributed by atoms with Crippen molar-refractivity contribution in [3.63, 3.8) is 0 Å². The Hall–Kier alpha value is -2.89. The molecule has 0 fully saturated rings. The summed E-state index contributed by atoms with van der Waals surface area (Å²) >= 11 is 0. The number of nitrogens with two attached hydrogens (primary N) is 1. The van der Waals surface area contributed by atoms with Crippen LogP contribution in [-0.4, -0.2) is 10.8 Å². The van der Waals surface area contributed by atoms with Crippen LogP contribution in [0.15, 0.2) is 48.5 Å². The minimum absolute atomic E-state index is 0.107. The Bertz CT molecular complexity index is 641. The molecule has 20 heavy (non-hydrogen) atoms. The van der Waals surface area contributed by atoms with Gasteiger partial charge in [0.2, 0.25) is 0 Å². The molecular weight excluding hydrogens is 258 g/mol. The molecule has 0 bridgehead atoms. The molecule has 0 saturated carbocycles. The molecule has 0 aliphatic heterocycles. The number of rotatable bonds is 4. The molecule has 0 heterocycles. The summed E-state index contributed by atoms with van der Waals surface area (Å²) in [7, 11) is 0. The minimum Gasteiger partial charge on any atom is -0.393 e. The van der Waals surface area contributed by atoms with Crippen molar-refractivity contribution in [3.05, 3.63) is 69.8 Å². The van der Waals surface area contributed by atoms with E-state index in [9.17, 15) is 14.9 Å². The van der Waals surface area contributed by atoms with Gasteiger partial charge in [0.05, 0.1) is 10.5 Å². The van der Waals surface area contributed by atoms with Crippen LogP contribution in [0, 0.1) is 10.1 Å². The van der Waals surface area contributed by atoms with E-state index in [2.05, 4.69) is 5.32 Å². The highest BCUT2D eigenvalue weighted by molar-refractivity contribution is 6.00. The third kappa shape index (κ3) is 2.92. The van der Waals surface area contributed by atoms with Crippen LogP contribution in [0.5, 0.6) is 0 Å². The topological polar surface area (TPSA) is 98.3 Å². The number of nitrogens with zero attached hydrogens (tertiary/aromatic N) is 1. The van der Waals surface area contributed by atoms with Crippen molar-refractivity contribution >= 4 is 17.3 Å². The molecule has 0 aliphatic carbocycles. The summed E-state index contributed by atoms with van der Waals surface area (Å²) in [6.07, 6.45) is 0. The zero-order valence-electron chi connectivity index (χ0n) is 10.6. The van der Waals surface area contributed by atoms with Crippen molar-refractivity contribution in [3.8, 4) is 0 Å². The van der Waals surface area contributed by atoms with E-state index in [1.54, 1.807) is 0 Å². The van der Waals surface area contributed by atoms with E-state index in [1.807, 2.05) is 30.3 Å². The predicted octanol–water partition coefficient (Wildman–Crippen LogP) is 2.11. The Labute approximate surface area is 115 Å². The largest absolute Gasteiger partial charge is 0.393 e. The number of para-hydroxylation sites is 1. The van der Waals surface area contributed by atoms with E-state index >= 15 is 0 Å². The molecule has 0 radical (unpaired) electrons. The Morgan fingerprint density at radius 3 is 2.50 bits per heavy atom. The van der Waals surface area contributed by atoms with Gasteiger partial charge < -0.3 is 11.1 Å². The highest BCUT2D eigenvalue weighted by atomic mass is 16.6. The van der Waals surface area contributed by atoms with Crippen molar-refractivity contribution in [2.45, 2.75) is 6.54 Å².